The second kappa shape index (κ2) is 7.62. The number of carbonyl (C=O) groups excluding carboxylic acids is 1. The van der Waals surface area contributed by atoms with Gasteiger partial charge in [0.05, 0.1) is 16.3 Å². The molecule has 3 N–H and O–H groups in total. The Bertz CT molecular complexity index is 871. The highest BCUT2D eigenvalue weighted by atomic mass is 32.1. The third kappa shape index (κ3) is 4.55. The molecule has 3 aromatic rings. The number of phenolic OH excluding ortho intramolecular Hbond substituents is 1. The van der Waals surface area contributed by atoms with E-state index in [1.54, 1.807) is 23.5 Å². The molecule has 0 atom stereocenters. The third-order valence-corrected chi connectivity index (χ3v) is 5.34. The molecule has 6 nitrogen and oxygen atoms in total. The Morgan fingerprint density at radius 2 is 1.96 bits per heavy atom. The van der Waals surface area contributed by atoms with Gasteiger partial charge in [0.25, 0.3) is 0 Å². The summed E-state index contributed by atoms with van der Waals surface area (Å²) in [5, 5.41) is 18.7. The van der Waals surface area contributed by atoms with Crippen LogP contribution in [-0.2, 0) is 11.2 Å². The number of benzene rings is 1. The normalized spacial score (nSPS) is 10.6. The van der Waals surface area contributed by atoms with E-state index in [-0.39, 0.29) is 11.7 Å². The van der Waals surface area contributed by atoms with E-state index in [2.05, 4.69) is 20.6 Å². The van der Waals surface area contributed by atoms with Crippen molar-refractivity contribution in [2.75, 3.05) is 17.2 Å². The number of nitrogens with zero attached hydrogens (tertiary/aromatic N) is 2. The Balaban J connectivity index is 1.61. The molecule has 2 heterocycles. The van der Waals surface area contributed by atoms with Crippen molar-refractivity contribution in [3.8, 4) is 16.3 Å². The average molecular weight is 374 g/mol. The van der Waals surface area contributed by atoms with Gasteiger partial charge in [0.15, 0.2) is 10.3 Å². The lowest BCUT2D eigenvalue weighted by molar-refractivity contribution is -0.114. The van der Waals surface area contributed by atoms with Crippen molar-refractivity contribution in [2.45, 2.75) is 20.3 Å². The maximum Gasteiger partial charge on any atom is 0.223 e. The number of anilines is 2. The Kier molecular flexibility index (Phi) is 5.30. The minimum absolute atomic E-state index is 0.129. The summed E-state index contributed by atoms with van der Waals surface area (Å²) in [4.78, 5) is 21.1. The Labute approximate surface area is 153 Å². The molecule has 25 heavy (non-hydrogen) atoms. The number of carbonyl (C=O) groups is 1. The summed E-state index contributed by atoms with van der Waals surface area (Å²) in [6, 6.07) is 7.20. The number of thiazole rings is 2. The molecule has 0 bridgehead atoms. The van der Waals surface area contributed by atoms with E-state index in [1.807, 2.05) is 24.4 Å². The van der Waals surface area contributed by atoms with Crippen LogP contribution in [0.5, 0.6) is 5.75 Å². The first-order valence-electron chi connectivity index (χ1n) is 7.74. The first-order valence-corrected chi connectivity index (χ1v) is 9.43. The number of hydrogen-bond donors (Lipinski definition) is 3. The van der Waals surface area contributed by atoms with Gasteiger partial charge in [0, 0.05) is 18.8 Å². The summed E-state index contributed by atoms with van der Waals surface area (Å²) in [6.45, 7) is 4.14. The zero-order chi connectivity index (χ0) is 17.8. The molecule has 0 saturated carbocycles. The molecule has 8 heteroatoms. The van der Waals surface area contributed by atoms with Gasteiger partial charge in [-0.25, -0.2) is 9.97 Å². The van der Waals surface area contributed by atoms with Crippen molar-refractivity contribution in [1.29, 1.82) is 0 Å². The topological polar surface area (TPSA) is 87.1 Å². The van der Waals surface area contributed by atoms with Crippen LogP contribution in [0.2, 0.25) is 0 Å². The minimum Gasteiger partial charge on any atom is -0.508 e. The van der Waals surface area contributed by atoms with E-state index < -0.39 is 0 Å². The van der Waals surface area contributed by atoms with Crippen molar-refractivity contribution in [3.63, 3.8) is 0 Å². The SMILES string of the molecule is CC(=O)Nc1nc(C)c(-c2csc(NCCc3ccc(O)cc3)n2)s1. The van der Waals surface area contributed by atoms with Gasteiger partial charge in [-0.1, -0.05) is 23.5 Å². The van der Waals surface area contributed by atoms with Crippen LogP contribution < -0.4 is 10.6 Å². The van der Waals surface area contributed by atoms with Crippen LogP contribution in [0.25, 0.3) is 10.6 Å². The standard InChI is InChI=1S/C17H18N4O2S2/c1-10-15(25-17(19-10)20-11(2)22)14-9-24-16(21-14)18-8-7-12-3-5-13(23)6-4-12/h3-6,9,23H,7-8H2,1-2H3,(H,18,21)(H,19,20,22). The van der Waals surface area contributed by atoms with Crippen LogP contribution in [0.4, 0.5) is 10.3 Å². The zero-order valence-corrected chi connectivity index (χ0v) is 15.5. The number of rotatable bonds is 6. The summed E-state index contributed by atoms with van der Waals surface area (Å²) >= 11 is 2.97. The molecular weight excluding hydrogens is 356 g/mol. The van der Waals surface area contributed by atoms with E-state index in [4.69, 9.17) is 0 Å². The Morgan fingerprint density at radius 3 is 2.68 bits per heavy atom. The summed E-state index contributed by atoms with van der Waals surface area (Å²) in [6.07, 6.45) is 0.849. The first-order chi connectivity index (χ1) is 12.0. The number of aromatic nitrogens is 2. The van der Waals surface area contributed by atoms with Crippen molar-refractivity contribution in [2.24, 2.45) is 0 Å². The first kappa shape index (κ1) is 17.4. The number of amides is 1. The number of aromatic hydroxyl groups is 1. The predicted octanol–water partition coefficient (Wildman–Crippen LogP) is 3.89. The average Bonchev–Trinajstić information content (AvgIpc) is 3.15. The lowest BCUT2D eigenvalue weighted by Gasteiger charge is -2.03. The minimum atomic E-state index is -0.129. The maximum absolute atomic E-state index is 11.1. The van der Waals surface area contributed by atoms with E-state index in [0.717, 1.165) is 39.9 Å². The van der Waals surface area contributed by atoms with Gasteiger partial charge < -0.3 is 15.7 Å². The quantitative estimate of drug-likeness (QED) is 0.609. The van der Waals surface area contributed by atoms with Crippen LogP contribution in [0.15, 0.2) is 29.6 Å². The molecule has 1 aromatic carbocycles. The number of hydrogen-bond acceptors (Lipinski definition) is 7. The van der Waals surface area contributed by atoms with E-state index in [9.17, 15) is 9.90 Å². The van der Waals surface area contributed by atoms with Crippen molar-refractivity contribution < 1.29 is 9.90 Å². The third-order valence-electron chi connectivity index (χ3n) is 3.44. The van der Waals surface area contributed by atoms with E-state index in [0.29, 0.717) is 5.13 Å². The molecule has 0 aliphatic carbocycles. The highest BCUT2D eigenvalue weighted by Gasteiger charge is 2.13. The van der Waals surface area contributed by atoms with Crippen LogP contribution in [0, 0.1) is 6.92 Å². The molecule has 2 aromatic heterocycles. The van der Waals surface area contributed by atoms with Gasteiger partial charge >= 0.3 is 0 Å². The Morgan fingerprint density at radius 1 is 1.20 bits per heavy atom. The number of nitrogens with one attached hydrogen (secondary N) is 2. The molecule has 0 radical (unpaired) electrons. The molecule has 0 fully saturated rings. The van der Waals surface area contributed by atoms with Crippen LogP contribution in [-0.4, -0.2) is 27.5 Å². The molecule has 3 rings (SSSR count). The van der Waals surface area contributed by atoms with Gasteiger partial charge in [-0.15, -0.1) is 11.3 Å². The van der Waals surface area contributed by atoms with Crippen molar-refractivity contribution in [3.05, 3.63) is 40.9 Å². The summed E-state index contributed by atoms with van der Waals surface area (Å²) in [5.74, 6) is 0.148. The molecule has 1 amide bonds. The van der Waals surface area contributed by atoms with Gasteiger partial charge in [-0.05, 0) is 31.0 Å². The summed E-state index contributed by atoms with van der Waals surface area (Å²) in [5.41, 5.74) is 2.87. The summed E-state index contributed by atoms with van der Waals surface area (Å²) in [7, 11) is 0. The molecule has 0 spiro atoms. The van der Waals surface area contributed by atoms with Crippen LogP contribution in [0.3, 0.4) is 0 Å². The predicted molar refractivity (Wildman–Crippen MR) is 103 cm³/mol. The molecule has 130 valence electrons. The fourth-order valence-corrected chi connectivity index (χ4v) is 4.05. The maximum atomic E-state index is 11.1. The lowest BCUT2D eigenvalue weighted by Crippen LogP contribution is -2.04. The molecule has 0 unspecified atom stereocenters. The highest BCUT2D eigenvalue weighted by Crippen LogP contribution is 2.34. The van der Waals surface area contributed by atoms with E-state index >= 15 is 0 Å². The smallest absolute Gasteiger partial charge is 0.223 e. The van der Waals surface area contributed by atoms with Gasteiger partial charge in [0.1, 0.15) is 5.75 Å². The number of aryl methyl sites for hydroxylation is 1. The molecule has 0 aliphatic heterocycles. The second-order valence-electron chi connectivity index (χ2n) is 5.50. The van der Waals surface area contributed by atoms with E-state index in [1.165, 1.54) is 18.3 Å². The Hall–Kier alpha value is -2.45. The van der Waals surface area contributed by atoms with Gasteiger partial charge in [0.2, 0.25) is 5.91 Å². The largest absolute Gasteiger partial charge is 0.508 e. The second-order valence-corrected chi connectivity index (χ2v) is 7.35. The molecular formula is C17H18N4O2S2. The van der Waals surface area contributed by atoms with Gasteiger partial charge in [-0.2, -0.15) is 0 Å². The monoisotopic (exact) mass is 374 g/mol. The fourth-order valence-electron chi connectivity index (χ4n) is 2.27. The van der Waals surface area contributed by atoms with Crippen LogP contribution >= 0.6 is 22.7 Å². The summed E-state index contributed by atoms with van der Waals surface area (Å²) < 4.78 is 0. The zero-order valence-electron chi connectivity index (χ0n) is 13.9. The molecule has 0 aliphatic rings. The lowest BCUT2D eigenvalue weighted by atomic mass is 10.1. The van der Waals surface area contributed by atoms with Gasteiger partial charge in [-0.3, -0.25) is 4.79 Å². The van der Waals surface area contributed by atoms with Crippen LogP contribution in [0.1, 0.15) is 18.2 Å². The fraction of sp³-hybridized carbons (Fsp3) is 0.235. The number of phenols is 1. The highest BCUT2D eigenvalue weighted by molar-refractivity contribution is 7.19. The molecule has 0 saturated heterocycles. The van der Waals surface area contributed by atoms with Crippen molar-refractivity contribution in [1.82, 2.24) is 9.97 Å². The van der Waals surface area contributed by atoms with Crippen molar-refractivity contribution >= 4 is 38.8 Å².